The zero-order chi connectivity index (χ0) is 10.7. The smallest absolute Gasteiger partial charge is 0.272 e. The lowest BCUT2D eigenvalue weighted by Crippen LogP contribution is -2.04. The number of rotatable bonds is 3. The van der Waals surface area contributed by atoms with E-state index in [1.54, 1.807) is 0 Å². The maximum Gasteiger partial charge on any atom is 0.272 e. The average molecular weight is 235 g/mol. The van der Waals surface area contributed by atoms with Crippen LogP contribution in [-0.4, -0.2) is 11.5 Å². The highest BCUT2D eigenvalue weighted by atomic mass is 35.5. The number of hydrogen-bond acceptors (Lipinski definition) is 3. The summed E-state index contributed by atoms with van der Waals surface area (Å²) in [7, 11) is 0. The fraction of sp³-hybridized carbons (Fsp3) is 0.250. The molecule has 0 heterocycles. The molecule has 0 aliphatic rings. The van der Waals surface area contributed by atoms with Crippen LogP contribution in [0.5, 0.6) is 0 Å². The Hall–Kier alpha value is -0.840. The molecule has 0 saturated carbocycles. The largest absolute Gasteiger partial charge is 0.330 e. The predicted molar refractivity (Wildman–Crippen MR) is 55.9 cm³/mol. The maximum absolute atomic E-state index is 10.4. The number of nitrogens with two attached hydrogens (primary N) is 1. The summed E-state index contributed by atoms with van der Waals surface area (Å²) in [4.78, 5) is 9.90. The zero-order valence-corrected chi connectivity index (χ0v) is 8.68. The van der Waals surface area contributed by atoms with E-state index >= 15 is 0 Å². The number of nitrogens with zero attached hydrogens (tertiary/aromatic N) is 1. The van der Waals surface area contributed by atoms with Crippen LogP contribution in [0.4, 0.5) is 5.69 Å². The lowest BCUT2D eigenvalue weighted by atomic mass is 10.1. The van der Waals surface area contributed by atoms with Crippen LogP contribution in [0.2, 0.25) is 10.0 Å². The Balaban J connectivity index is 3.18. The normalized spacial score (nSPS) is 10.2. The third-order valence-electron chi connectivity index (χ3n) is 1.73. The van der Waals surface area contributed by atoms with Crippen LogP contribution in [0.3, 0.4) is 0 Å². The molecular formula is C8H8Cl2N2O2. The first-order chi connectivity index (χ1) is 6.56. The summed E-state index contributed by atoms with van der Waals surface area (Å²) < 4.78 is 0. The molecule has 1 aromatic carbocycles. The van der Waals surface area contributed by atoms with Crippen LogP contribution < -0.4 is 5.73 Å². The number of nitro benzene ring substituents is 1. The second kappa shape index (κ2) is 4.59. The summed E-state index contributed by atoms with van der Waals surface area (Å²) in [5.74, 6) is 0. The van der Waals surface area contributed by atoms with Crippen LogP contribution >= 0.6 is 23.2 Å². The molecule has 0 saturated heterocycles. The summed E-state index contributed by atoms with van der Waals surface area (Å²) in [6.45, 7) is 0.400. The van der Waals surface area contributed by atoms with Gasteiger partial charge in [0, 0.05) is 12.1 Å². The highest BCUT2D eigenvalue weighted by molar-refractivity contribution is 6.36. The molecule has 0 amide bonds. The molecule has 0 aromatic heterocycles. The Morgan fingerprint density at radius 1 is 1.36 bits per heavy atom. The van der Waals surface area contributed by atoms with Gasteiger partial charge in [-0.2, -0.15) is 0 Å². The standard InChI is InChI=1S/C8H8Cl2N2O2/c9-7-3-5(12(13)14)4-8(10)6(7)1-2-11/h3-4H,1-2,11H2. The van der Waals surface area contributed by atoms with Crippen molar-refractivity contribution in [2.24, 2.45) is 5.73 Å². The number of benzene rings is 1. The van der Waals surface area contributed by atoms with Crippen LogP contribution in [0.15, 0.2) is 12.1 Å². The van der Waals surface area contributed by atoms with Crippen molar-refractivity contribution in [3.8, 4) is 0 Å². The fourth-order valence-corrected chi connectivity index (χ4v) is 1.74. The minimum Gasteiger partial charge on any atom is -0.330 e. The Morgan fingerprint density at radius 2 is 1.86 bits per heavy atom. The Bertz CT molecular complexity index is 345. The quantitative estimate of drug-likeness (QED) is 0.645. The van der Waals surface area contributed by atoms with Gasteiger partial charge >= 0.3 is 0 Å². The van der Waals surface area contributed by atoms with Gasteiger partial charge in [0.1, 0.15) is 0 Å². The fourth-order valence-electron chi connectivity index (χ4n) is 1.08. The molecule has 0 radical (unpaired) electrons. The van der Waals surface area contributed by atoms with Crippen LogP contribution in [0.25, 0.3) is 0 Å². The summed E-state index contributed by atoms with van der Waals surface area (Å²) in [6.07, 6.45) is 0.510. The van der Waals surface area contributed by atoms with Crippen molar-refractivity contribution in [1.29, 1.82) is 0 Å². The van der Waals surface area contributed by atoms with Crippen LogP contribution in [-0.2, 0) is 6.42 Å². The first kappa shape index (κ1) is 11.2. The first-order valence-corrected chi connectivity index (χ1v) is 4.64. The Labute approximate surface area is 90.8 Å². The topological polar surface area (TPSA) is 69.2 Å². The molecule has 0 bridgehead atoms. The molecule has 1 rings (SSSR count). The molecule has 76 valence electrons. The minimum atomic E-state index is -0.538. The average Bonchev–Trinajstić information content (AvgIpc) is 2.10. The monoisotopic (exact) mass is 234 g/mol. The number of nitro groups is 1. The van der Waals surface area contributed by atoms with Gasteiger partial charge in [-0.3, -0.25) is 10.1 Å². The summed E-state index contributed by atoms with van der Waals surface area (Å²) in [5, 5.41) is 11.0. The molecule has 14 heavy (non-hydrogen) atoms. The molecule has 0 aliphatic carbocycles. The number of halogens is 2. The zero-order valence-electron chi connectivity index (χ0n) is 7.17. The van der Waals surface area contributed by atoms with Gasteiger partial charge in [-0.25, -0.2) is 0 Å². The van der Waals surface area contributed by atoms with Crippen molar-refractivity contribution in [2.45, 2.75) is 6.42 Å². The third kappa shape index (κ3) is 2.35. The number of hydrogen-bond donors (Lipinski definition) is 1. The van der Waals surface area contributed by atoms with Crippen LogP contribution in [0, 0.1) is 10.1 Å². The van der Waals surface area contributed by atoms with Gasteiger partial charge in [-0.1, -0.05) is 23.2 Å². The van der Waals surface area contributed by atoms with Crippen LogP contribution in [0.1, 0.15) is 5.56 Å². The summed E-state index contributed by atoms with van der Waals surface area (Å²) >= 11 is 11.6. The van der Waals surface area contributed by atoms with Gasteiger partial charge < -0.3 is 5.73 Å². The van der Waals surface area contributed by atoms with E-state index in [4.69, 9.17) is 28.9 Å². The molecule has 1 aromatic rings. The van der Waals surface area contributed by atoms with Gasteiger partial charge in [0.05, 0.1) is 15.0 Å². The molecule has 2 N–H and O–H groups in total. The molecular weight excluding hydrogens is 227 g/mol. The Kier molecular flexibility index (Phi) is 3.69. The van der Waals surface area contributed by atoms with E-state index in [1.807, 2.05) is 0 Å². The maximum atomic E-state index is 10.4. The second-order valence-electron chi connectivity index (χ2n) is 2.68. The predicted octanol–water partition coefficient (Wildman–Crippen LogP) is 2.40. The molecule has 6 heteroatoms. The molecule has 0 unspecified atom stereocenters. The number of non-ortho nitro benzene ring substituents is 1. The minimum absolute atomic E-state index is 0.110. The van der Waals surface area contributed by atoms with Crippen molar-refractivity contribution in [1.82, 2.24) is 0 Å². The van der Waals surface area contributed by atoms with E-state index in [-0.39, 0.29) is 15.7 Å². The van der Waals surface area contributed by atoms with E-state index in [9.17, 15) is 10.1 Å². The van der Waals surface area contributed by atoms with Gasteiger partial charge in [0.2, 0.25) is 0 Å². The third-order valence-corrected chi connectivity index (χ3v) is 2.41. The van der Waals surface area contributed by atoms with Gasteiger partial charge in [-0.15, -0.1) is 0 Å². The first-order valence-electron chi connectivity index (χ1n) is 3.88. The van der Waals surface area contributed by atoms with Crippen molar-refractivity contribution < 1.29 is 4.92 Å². The van der Waals surface area contributed by atoms with Crippen molar-refractivity contribution in [2.75, 3.05) is 6.54 Å². The molecule has 0 fully saturated rings. The summed E-state index contributed by atoms with van der Waals surface area (Å²) in [5.41, 5.74) is 5.89. The van der Waals surface area contributed by atoms with Crippen molar-refractivity contribution in [3.63, 3.8) is 0 Å². The van der Waals surface area contributed by atoms with Gasteiger partial charge in [0.25, 0.3) is 5.69 Å². The SMILES string of the molecule is NCCc1c(Cl)cc([N+](=O)[O-])cc1Cl. The molecule has 0 aliphatic heterocycles. The van der Waals surface area contributed by atoms with E-state index in [0.717, 1.165) is 0 Å². The highest BCUT2D eigenvalue weighted by Gasteiger charge is 2.13. The highest BCUT2D eigenvalue weighted by Crippen LogP contribution is 2.30. The van der Waals surface area contributed by atoms with E-state index in [0.29, 0.717) is 18.5 Å². The van der Waals surface area contributed by atoms with E-state index in [2.05, 4.69) is 0 Å². The van der Waals surface area contributed by atoms with E-state index in [1.165, 1.54) is 12.1 Å². The summed E-state index contributed by atoms with van der Waals surface area (Å²) in [6, 6.07) is 2.55. The Morgan fingerprint density at radius 3 is 2.21 bits per heavy atom. The van der Waals surface area contributed by atoms with Gasteiger partial charge in [-0.05, 0) is 18.5 Å². The second-order valence-corrected chi connectivity index (χ2v) is 3.50. The van der Waals surface area contributed by atoms with Gasteiger partial charge in [0.15, 0.2) is 0 Å². The van der Waals surface area contributed by atoms with Crippen molar-refractivity contribution >= 4 is 28.9 Å². The van der Waals surface area contributed by atoms with Crippen molar-refractivity contribution in [3.05, 3.63) is 37.9 Å². The molecule has 0 spiro atoms. The van der Waals surface area contributed by atoms with E-state index < -0.39 is 4.92 Å². The molecule has 4 nitrogen and oxygen atoms in total. The lowest BCUT2D eigenvalue weighted by Gasteiger charge is -2.04. The molecule has 0 atom stereocenters. The lowest BCUT2D eigenvalue weighted by molar-refractivity contribution is -0.384.